The maximum atomic E-state index is 14.5. The molecule has 0 aromatic heterocycles. The van der Waals surface area contributed by atoms with Gasteiger partial charge in [-0.2, -0.15) is 0 Å². The number of amides is 2. The predicted octanol–water partition coefficient (Wildman–Crippen LogP) is 3.32. The summed E-state index contributed by atoms with van der Waals surface area (Å²) in [6, 6.07) is -0.839. The number of nitrogens with zero attached hydrogens (tertiary/aromatic N) is 2. The molecule has 3 aliphatic heterocycles. The number of aliphatic hydroxyl groups is 1. The highest BCUT2D eigenvalue weighted by Gasteiger charge is 2.78. The summed E-state index contributed by atoms with van der Waals surface area (Å²) in [5.74, 6) is -2.32. The van der Waals surface area contributed by atoms with Crippen molar-refractivity contribution >= 4 is 17.8 Å². The fourth-order valence-electron chi connectivity index (χ4n) is 7.23. The van der Waals surface area contributed by atoms with Gasteiger partial charge < -0.3 is 24.4 Å². The standard InChI is InChI=1S/C28H46N2O6/c1-9-15-30(26(6,7)18-25(3,4)5)23(33)21-28-14-13-27(8,36-28)20(24(34)35-10-2)19(28)22(32)29(21)16-11-12-17-31/h9,19-21,31H,1,10-18H2,2-8H3/t19-,20-,21?,27+,28?/m0/s1. The number of carbonyl (C=O) groups excluding carboxylic acids is 3. The fourth-order valence-corrected chi connectivity index (χ4v) is 7.23. The van der Waals surface area contributed by atoms with Crippen molar-refractivity contribution < 1.29 is 29.0 Å². The van der Waals surface area contributed by atoms with E-state index in [1.807, 2.05) is 11.8 Å². The second-order valence-electron chi connectivity index (χ2n) is 12.7. The second kappa shape index (κ2) is 10.1. The summed E-state index contributed by atoms with van der Waals surface area (Å²) in [6.07, 6.45) is 4.67. The molecule has 0 aromatic carbocycles. The molecule has 1 N–H and O–H groups in total. The van der Waals surface area contributed by atoms with Crippen molar-refractivity contribution in [2.75, 3.05) is 26.3 Å². The number of hydrogen-bond donors (Lipinski definition) is 1. The van der Waals surface area contributed by atoms with E-state index >= 15 is 0 Å². The summed E-state index contributed by atoms with van der Waals surface area (Å²) >= 11 is 0. The normalized spacial score (nSPS) is 31.5. The van der Waals surface area contributed by atoms with Crippen LogP contribution >= 0.6 is 0 Å². The Morgan fingerprint density at radius 2 is 1.92 bits per heavy atom. The van der Waals surface area contributed by atoms with Crippen molar-refractivity contribution in [1.29, 1.82) is 0 Å². The van der Waals surface area contributed by atoms with Crippen molar-refractivity contribution in [2.24, 2.45) is 17.3 Å². The third-order valence-corrected chi connectivity index (χ3v) is 8.13. The van der Waals surface area contributed by atoms with Gasteiger partial charge in [0.25, 0.3) is 0 Å². The summed E-state index contributed by atoms with van der Waals surface area (Å²) in [5.41, 5.74) is -2.44. The van der Waals surface area contributed by atoms with Gasteiger partial charge in [0.1, 0.15) is 17.6 Å². The van der Waals surface area contributed by atoms with E-state index in [2.05, 4.69) is 41.2 Å². The summed E-state index contributed by atoms with van der Waals surface area (Å²) < 4.78 is 12.0. The molecule has 0 radical (unpaired) electrons. The van der Waals surface area contributed by atoms with Gasteiger partial charge in [-0.15, -0.1) is 6.58 Å². The van der Waals surface area contributed by atoms with E-state index in [1.165, 1.54) is 0 Å². The number of hydrogen-bond acceptors (Lipinski definition) is 6. The van der Waals surface area contributed by atoms with Crippen LogP contribution in [0.4, 0.5) is 0 Å². The first-order valence-corrected chi connectivity index (χ1v) is 13.4. The molecule has 8 heteroatoms. The Hall–Kier alpha value is -1.93. The Morgan fingerprint density at radius 3 is 2.47 bits per heavy atom. The summed E-state index contributed by atoms with van der Waals surface area (Å²) in [4.78, 5) is 45.1. The summed E-state index contributed by atoms with van der Waals surface area (Å²) in [6.45, 7) is 19.0. The molecule has 0 aliphatic carbocycles. The summed E-state index contributed by atoms with van der Waals surface area (Å²) in [5, 5.41) is 9.35. The van der Waals surface area contributed by atoms with Crippen LogP contribution in [-0.2, 0) is 23.9 Å². The lowest BCUT2D eigenvalue weighted by molar-refractivity contribution is -0.161. The minimum absolute atomic E-state index is 0.0104. The molecular weight excluding hydrogens is 460 g/mol. The lowest BCUT2D eigenvalue weighted by Gasteiger charge is -2.45. The zero-order valence-corrected chi connectivity index (χ0v) is 23.3. The van der Waals surface area contributed by atoms with E-state index < -0.39 is 40.6 Å². The quantitative estimate of drug-likeness (QED) is 0.262. The highest BCUT2D eigenvalue weighted by atomic mass is 16.6. The summed E-state index contributed by atoms with van der Waals surface area (Å²) in [7, 11) is 0. The van der Waals surface area contributed by atoms with Crippen molar-refractivity contribution in [3.8, 4) is 0 Å². The Balaban J connectivity index is 2.08. The van der Waals surface area contributed by atoms with Gasteiger partial charge in [0, 0.05) is 25.2 Å². The molecule has 36 heavy (non-hydrogen) atoms. The second-order valence-corrected chi connectivity index (χ2v) is 12.7. The van der Waals surface area contributed by atoms with Gasteiger partial charge in [0.15, 0.2) is 0 Å². The lowest BCUT2D eigenvalue weighted by atomic mass is 9.66. The molecule has 2 bridgehead atoms. The van der Waals surface area contributed by atoms with Crippen LogP contribution in [0.25, 0.3) is 0 Å². The van der Waals surface area contributed by atoms with Gasteiger partial charge in [0.2, 0.25) is 11.8 Å². The van der Waals surface area contributed by atoms with Crippen LogP contribution in [0.3, 0.4) is 0 Å². The molecular formula is C28H46N2O6. The van der Waals surface area contributed by atoms with E-state index in [0.29, 0.717) is 38.8 Å². The number of unbranched alkanes of at least 4 members (excludes halogenated alkanes) is 1. The molecule has 3 saturated heterocycles. The number of carbonyl (C=O) groups is 3. The van der Waals surface area contributed by atoms with E-state index in [1.54, 1.807) is 17.9 Å². The number of fused-ring (bicyclic) bond motifs is 1. The average molecular weight is 507 g/mol. The smallest absolute Gasteiger partial charge is 0.312 e. The van der Waals surface area contributed by atoms with E-state index in [-0.39, 0.29) is 30.4 Å². The first-order valence-electron chi connectivity index (χ1n) is 13.4. The van der Waals surface area contributed by atoms with Crippen LogP contribution in [0.15, 0.2) is 12.7 Å². The molecule has 204 valence electrons. The average Bonchev–Trinajstić information content (AvgIpc) is 3.31. The largest absolute Gasteiger partial charge is 0.466 e. The van der Waals surface area contributed by atoms with Crippen molar-refractivity contribution in [1.82, 2.24) is 9.80 Å². The van der Waals surface area contributed by atoms with Crippen molar-refractivity contribution in [3.05, 3.63) is 12.7 Å². The molecule has 0 saturated carbocycles. The highest BCUT2D eigenvalue weighted by molar-refractivity contribution is 5.98. The topological polar surface area (TPSA) is 96.4 Å². The van der Waals surface area contributed by atoms with E-state index in [9.17, 15) is 19.5 Å². The number of rotatable bonds is 11. The van der Waals surface area contributed by atoms with Crippen molar-refractivity contribution in [3.63, 3.8) is 0 Å². The molecule has 3 fully saturated rings. The molecule has 3 aliphatic rings. The van der Waals surface area contributed by atoms with Crippen LogP contribution in [0.2, 0.25) is 0 Å². The lowest BCUT2D eigenvalue weighted by Crippen LogP contribution is -2.61. The minimum atomic E-state index is -1.07. The maximum Gasteiger partial charge on any atom is 0.312 e. The Bertz CT molecular complexity index is 880. The maximum absolute atomic E-state index is 14.5. The van der Waals surface area contributed by atoms with Crippen molar-refractivity contribution in [2.45, 2.75) is 103 Å². The molecule has 0 aromatic rings. The molecule has 3 rings (SSSR count). The van der Waals surface area contributed by atoms with Gasteiger partial charge in [-0.1, -0.05) is 26.8 Å². The molecule has 3 heterocycles. The molecule has 2 unspecified atom stereocenters. The van der Waals surface area contributed by atoms with Crippen LogP contribution in [0.1, 0.15) is 80.6 Å². The van der Waals surface area contributed by atoms with Gasteiger partial charge >= 0.3 is 5.97 Å². The first kappa shape index (κ1) is 28.6. The van der Waals surface area contributed by atoms with Gasteiger partial charge in [0.05, 0.1) is 18.1 Å². The van der Waals surface area contributed by atoms with E-state index in [4.69, 9.17) is 9.47 Å². The van der Waals surface area contributed by atoms with Gasteiger partial charge in [-0.05, 0) is 65.2 Å². The Labute approximate surface area is 216 Å². The van der Waals surface area contributed by atoms with Crippen LogP contribution in [-0.4, -0.2) is 81.8 Å². The molecule has 8 nitrogen and oxygen atoms in total. The molecule has 2 amide bonds. The van der Waals surface area contributed by atoms with Crippen LogP contribution < -0.4 is 0 Å². The Kier molecular flexibility index (Phi) is 8.02. The predicted molar refractivity (Wildman–Crippen MR) is 137 cm³/mol. The Morgan fingerprint density at radius 1 is 1.25 bits per heavy atom. The van der Waals surface area contributed by atoms with E-state index in [0.717, 1.165) is 6.42 Å². The zero-order chi connectivity index (χ0) is 27.1. The van der Waals surface area contributed by atoms with Crippen LogP contribution in [0, 0.1) is 17.3 Å². The minimum Gasteiger partial charge on any atom is -0.466 e. The number of aliphatic hydroxyl groups excluding tert-OH is 1. The number of likely N-dealkylation sites (tertiary alicyclic amines) is 1. The van der Waals surface area contributed by atoms with Crippen LogP contribution in [0.5, 0.6) is 0 Å². The van der Waals surface area contributed by atoms with Gasteiger partial charge in [-0.25, -0.2) is 0 Å². The SMILES string of the molecule is C=CCN(C(=O)C1N(CCCCO)C(=O)[C@@H]2[C@@H](C(=O)OCC)[C@@]3(C)CCC12O3)C(C)(C)CC(C)(C)C. The monoisotopic (exact) mass is 506 g/mol. The zero-order valence-electron chi connectivity index (χ0n) is 23.3. The fraction of sp³-hybridized carbons (Fsp3) is 0.821. The molecule has 5 atom stereocenters. The highest BCUT2D eigenvalue weighted by Crippen LogP contribution is 2.63. The first-order chi connectivity index (χ1) is 16.7. The van der Waals surface area contributed by atoms with Gasteiger partial charge in [-0.3, -0.25) is 14.4 Å². The molecule has 1 spiro atoms. The number of esters is 1. The third kappa shape index (κ3) is 4.83. The third-order valence-electron chi connectivity index (χ3n) is 8.13. The number of ether oxygens (including phenoxy) is 2.